The van der Waals surface area contributed by atoms with Crippen molar-refractivity contribution in [3.63, 3.8) is 0 Å². The summed E-state index contributed by atoms with van der Waals surface area (Å²) in [7, 11) is 0. The first kappa shape index (κ1) is 72.4. The minimum Gasteiger partial charge on any atom is -0.0622 e. The average Bonchev–Trinajstić information content (AvgIpc) is 1.28. The first-order chi connectivity index (χ1) is 58.5. The van der Waals surface area contributed by atoms with Gasteiger partial charge in [0, 0.05) is 16.2 Å². The van der Waals surface area contributed by atoms with E-state index in [9.17, 15) is 0 Å². The maximum Gasteiger partial charge on any atom is 0.0158 e. The van der Waals surface area contributed by atoms with Crippen LogP contribution in [-0.2, 0) is 16.2 Å². The third kappa shape index (κ3) is 11.3. The quantitative estimate of drug-likeness (QED) is 0.115. The molecule has 3 aliphatic rings. The molecule has 120 heavy (non-hydrogen) atoms. The van der Waals surface area contributed by atoms with Gasteiger partial charge in [-0.15, -0.1) is 0 Å². The number of hydrogen-bond acceptors (Lipinski definition) is 0. The first-order valence-corrected chi connectivity index (χ1v) is 42.6. The largest absolute Gasteiger partial charge is 0.0622 e. The van der Waals surface area contributed by atoms with Crippen molar-refractivity contribution in [2.45, 2.75) is 78.6 Å². The first-order valence-electron chi connectivity index (χ1n) is 42.6. The summed E-state index contributed by atoms with van der Waals surface area (Å²) >= 11 is 0. The molecule has 0 unspecified atom stereocenters. The van der Waals surface area contributed by atoms with Crippen LogP contribution < -0.4 is 0 Å². The monoisotopic (exact) mass is 1530 g/mol. The SMILES string of the molecule is Cc1ccc2c(-c3cc4ccccc4c4ccccc34)c3ccccc3c(-c3ccc4c(c3)-c3ccccc3C4(C)C)c2c1.Cc1ccc2c(-c3ccc4ccccc4c3)c3ccccc3c(-c3ccc4c(c3)-c3ccccc3C4(C)C)c2c1.Cc1ccc2c(-c3ccccc3)c3ccccc3c(-c3ccc4c(c3)-c3ccccc3C4(C)C)c2c1. The summed E-state index contributed by atoms with van der Waals surface area (Å²) in [5.41, 5.74) is 36.1. The Bertz CT molecular complexity index is 7890. The Morgan fingerprint density at radius 3 is 0.850 bits per heavy atom. The van der Waals surface area contributed by atoms with Crippen molar-refractivity contribution in [3.05, 3.63) is 432 Å². The van der Waals surface area contributed by atoms with Crippen LogP contribution in [0.4, 0.5) is 0 Å². The second-order valence-electron chi connectivity index (χ2n) is 35.4. The van der Waals surface area contributed by atoms with E-state index in [2.05, 4.69) is 444 Å². The van der Waals surface area contributed by atoms with E-state index in [1.165, 1.54) is 247 Å². The Morgan fingerprint density at radius 1 is 0.142 bits per heavy atom. The van der Waals surface area contributed by atoms with E-state index in [1.807, 2.05) is 0 Å². The summed E-state index contributed by atoms with van der Waals surface area (Å²) in [4.78, 5) is 0. The molecule has 570 valence electrons. The second kappa shape index (κ2) is 27.8. The van der Waals surface area contributed by atoms with Crippen LogP contribution in [0.3, 0.4) is 0 Å². The van der Waals surface area contributed by atoms with Gasteiger partial charge in [0.05, 0.1) is 0 Å². The summed E-state index contributed by atoms with van der Waals surface area (Å²) in [5, 5.41) is 23.3. The highest BCUT2D eigenvalue weighted by Crippen LogP contribution is 2.57. The van der Waals surface area contributed by atoms with Gasteiger partial charge in [-0.25, -0.2) is 0 Å². The molecule has 0 spiro atoms. The lowest BCUT2D eigenvalue weighted by Crippen LogP contribution is -2.14. The molecule has 0 amide bonds. The number of rotatable bonds is 6. The van der Waals surface area contributed by atoms with Crippen LogP contribution in [0, 0.1) is 20.8 Å². The van der Waals surface area contributed by atoms with Gasteiger partial charge in [0.25, 0.3) is 0 Å². The van der Waals surface area contributed by atoms with Gasteiger partial charge in [-0.3, -0.25) is 0 Å². The zero-order valence-corrected chi connectivity index (χ0v) is 69.4. The van der Waals surface area contributed by atoms with E-state index in [0.29, 0.717) is 0 Å². The molecule has 0 saturated heterocycles. The van der Waals surface area contributed by atoms with E-state index in [1.54, 1.807) is 0 Å². The van der Waals surface area contributed by atoms with E-state index in [0.717, 1.165) is 0 Å². The molecule has 0 radical (unpaired) electrons. The lowest BCUT2D eigenvalue weighted by Gasteiger charge is -2.22. The van der Waals surface area contributed by atoms with Crippen molar-refractivity contribution in [3.8, 4) is 100 Å². The summed E-state index contributed by atoms with van der Waals surface area (Å²) in [6, 6.07) is 143. The maximum atomic E-state index is 2.46. The number of fused-ring (bicyclic) bond motifs is 19. The minimum atomic E-state index is -0.00776. The Kier molecular flexibility index (Phi) is 16.8. The molecular formula is C120H90. The number of benzene rings is 21. The highest BCUT2D eigenvalue weighted by Gasteiger charge is 2.39. The Morgan fingerprint density at radius 2 is 0.425 bits per heavy atom. The van der Waals surface area contributed by atoms with Gasteiger partial charge in [-0.2, -0.15) is 0 Å². The van der Waals surface area contributed by atoms with Crippen LogP contribution in [-0.4, -0.2) is 0 Å². The summed E-state index contributed by atoms with van der Waals surface area (Å²) in [5.74, 6) is 0. The van der Waals surface area contributed by atoms with Crippen LogP contribution in [0.5, 0.6) is 0 Å². The topological polar surface area (TPSA) is 0 Å². The molecule has 3 aliphatic carbocycles. The van der Waals surface area contributed by atoms with E-state index in [4.69, 9.17) is 0 Å². The third-order valence-corrected chi connectivity index (χ3v) is 27.3. The molecule has 0 saturated carbocycles. The van der Waals surface area contributed by atoms with E-state index < -0.39 is 0 Å². The van der Waals surface area contributed by atoms with Gasteiger partial charge in [0.15, 0.2) is 0 Å². The standard InChI is InChI=1S/C44H32.C40H30.C36H28/c1-27-20-22-36-38(24-27)42(29-21-23-41-37(26-29)33-16-10-11-19-40(33)44(41,2)3)34-17-8-9-18-35(34)43(36)39-25-28-12-4-5-13-30(28)31-14-6-7-15-32(31)39;1-25-16-20-33-35(22-25)39(29-19-21-37-34(24-29)30-12-8-9-15-36(30)40(37,2)3)32-14-7-6-13-31(32)38(33)28-18-17-26-10-4-5-11-27(26)23-28;1-23-17-19-29-31(21-23)35(28-15-8-7-14-27(28)34(29)24-11-5-4-6-12-24)25-18-20-33-30(22-25)26-13-9-10-16-32(26)36(33,2)3/h4-26H,1-3H3;4-24H,1-3H3;4-22H,1-3H3. The van der Waals surface area contributed by atoms with Crippen LogP contribution in [0.15, 0.2) is 382 Å². The number of aryl methyl sites for hydroxylation is 3. The zero-order chi connectivity index (χ0) is 81.0. The lowest BCUT2D eigenvalue weighted by atomic mass is 9.81. The van der Waals surface area contributed by atoms with Crippen LogP contribution in [0.25, 0.3) is 197 Å². The molecule has 0 fully saturated rings. The zero-order valence-electron chi connectivity index (χ0n) is 69.4. The fraction of sp³-hybridized carbons (Fsp3) is 0.100. The van der Waals surface area contributed by atoms with Crippen molar-refractivity contribution in [1.82, 2.24) is 0 Å². The second-order valence-corrected chi connectivity index (χ2v) is 35.4. The van der Waals surface area contributed by atoms with Crippen molar-refractivity contribution < 1.29 is 0 Å². The Hall–Kier alpha value is -14.0. The van der Waals surface area contributed by atoms with Gasteiger partial charge in [-0.1, -0.05) is 410 Å². The molecule has 0 atom stereocenters. The fourth-order valence-electron chi connectivity index (χ4n) is 21.6. The molecule has 24 rings (SSSR count). The molecule has 0 heterocycles. The normalized spacial score (nSPS) is 13.6. The van der Waals surface area contributed by atoms with Gasteiger partial charge < -0.3 is 0 Å². The Balaban J connectivity index is 0.000000109. The predicted octanol–water partition coefficient (Wildman–Crippen LogP) is 33.3. The maximum absolute atomic E-state index is 2.46. The summed E-state index contributed by atoms with van der Waals surface area (Å²) < 4.78 is 0. The summed E-state index contributed by atoms with van der Waals surface area (Å²) in [6.45, 7) is 20.7. The van der Waals surface area contributed by atoms with Crippen LogP contribution in [0.2, 0.25) is 0 Å². The molecular weight excluding hydrogens is 1440 g/mol. The minimum absolute atomic E-state index is 0.00508. The van der Waals surface area contributed by atoms with Crippen molar-refractivity contribution in [1.29, 1.82) is 0 Å². The molecule has 21 aromatic carbocycles. The average molecular weight is 1530 g/mol. The van der Waals surface area contributed by atoms with Gasteiger partial charge >= 0.3 is 0 Å². The highest BCUT2D eigenvalue weighted by molar-refractivity contribution is 6.27. The van der Waals surface area contributed by atoms with Crippen molar-refractivity contribution >= 4 is 97.0 Å². The third-order valence-electron chi connectivity index (χ3n) is 27.3. The molecule has 0 heteroatoms. The smallest absolute Gasteiger partial charge is 0.0158 e. The number of hydrogen-bond donors (Lipinski definition) is 0. The molecule has 21 aromatic rings. The van der Waals surface area contributed by atoms with Crippen molar-refractivity contribution in [2.75, 3.05) is 0 Å². The molecule has 0 aromatic heterocycles. The Labute approximate surface area is 703 Å². The van der Waals surface area contributed by atoms with E-state index >= 15 is 0 Å². The van der Waals surface area contributed by atoms with Crippen LogP contribution >= 0.6 is 0 Å². The fourth-order valence-corrected chi connectivity index (χ4v) is 21.6. The van der Waals surface area contributed by atoms with E-state index in [-0.39, 0.29) is 16.2 Å². The van der Waals surface area contributed by atoms with Gasteiger partial charge in [0.1, 0.15) is 0 Å². The molecule has 0 nitrogen and oxygen atoms in total. The summed E-state index contributed by atoms with van der Waals surface area (Å²) in [6.07, 6.45) is 0. The highest BCUT2D eigenvalue weighted by atomic mass is 14.4. The molecule has 0 N–H and O–H groups in total. The molecule has 0 bridgehead atoms. The predicted molar refractivity (Wildman–Crippen MR) is 516 cm³/mol. The van der Waals surface area contributed by atoms with Gasteiger partial charge in [-0.05, 0) is 282 Å². The van der Waals surface area contributed by atoms with Crippen LogP contribution in [0.1, 0.15) is 91.6 Å². The van der Waals surface area contributed by atoms with Crippen molar-refractivity contribution in [2.24, 2.45) is 0 Å². The molecule has 0 aliphatic heterocycles. The van der Waals surface area contributed by atoms with Gasteiger partial charge in [0.2, 0.25) is 0 Å². The lowest BCUT2D eigenvalue weighted by molar-refractivity contribution is 0.660.